The maximum atomic E-state index is 9.76. The second-order valence-corrected chi connectivity index (χ2v) is 3.88. The highest BCUT2D eigenvalue weighted by atomic mass is 16.3. The molecule has 0 heterocycles. The zero-order valence-electron chi connectivity index (χ0n) is 7.83. The molecule has 0 unspecified atom stereocenters. The van der Waals surface area contributed by atoms with Crippen LogP contribution in [0.2, 0.25) is 0 Å². The molecular weight excluding hydrogens is 162 g/mol. The van der Waals surface area contributed by atoms with Crippen LogP contribution in [0, 0.1) is 12.8 Å². The number of rotatable bonds is 2. The van der Waals surface area contributed by atoms with Crippen LogP contribution in [0.5, 0.6) is 5.75 Å². The molecule has 0 aliphatic heterocycles. The van der Waals surface area contributed by atoms with Crippen LogP contribution >= 0.6 is 0 Å². The van der Waals surface area contributed by atoms with Crippen molar-refractivity contribution in [2.24, 2.45) is 11.7 Å². The first-order valence-corrected chi connectivity index (χ1v) is 4.74. The Kier molecular flexibility index (Phi) is 2.00. The van der Waals surface area contributed by atoms with Crippen molar-refractivity contribution in [3.05, 3.63) is 29.3 Å². The number of benzene rings is 1. The molecule has 1 aliphatic rings. The Balaban J connectivity index is 2.32. The Bertz CT molecular complexity index is 318. The summed E-state index contributed by atoms with van der Waals surface area (Å²) in [6.07, 6.45) is 2.41. The number of hydrogen-bond acceptors (Lipinski definition) is 2. The SMILES string of the molecule is Cc1cccc([C@@H](N)C2CC2)c1O. The number of aryl methyl sites for hydroxylation is 1. The molecule has 1 aliphatic carbocycles. The molecule has 2 rings (SSSR count). The number of phenols is 1. The minimum Gasteiger partial charge on any atom is -0.507 e. The molecule has 1 aromatic rings. The molecule has 0 bridgehead atoms. The third-order valence-electron chi connectivity index (χ3n) is 2.76. The molecule has 0 aromatic heterocycles. The van der Waals surface area contributed by atoms with E-state index in [1.807, 2.05) is 25.1 Å². The Labute approximate surface area is 78.4 Å². The van der Waals surface area contributed by atoms with E-state index in [1.54, 1.807) is 0 Å². The van der Waals surface area contributed by atoms with Crippen molar-refractivity contribution in [2.75, 3.05) is 0 Å². The van der Waals surface area contributed by atoms with E-state index in [9.17, 15) is 5.11 Å². The van der Waals surface area contributed by atoms with Gasteiger partial charge < -0.3 is 10.8 Å². The van der Waals surface area contributed by atoms with Gasteiger partial charge in [0, 0.05) is 11.6 Å². The maximum absolute atomic E-state index is 9.76. The van der Waals surface area contributed by atoms with Crippen LogP contribution in [0.25, 0.3) is 0 Å². The number of nitrogens with two attached hydrogens (primary N) is 1. The monoisotopic (exact) mass is 177 g/mol. The minimum absolute atomic E-state index is 0.0277. The summed E-state index contributed by atoms with van der Waals surface area (Å²) in [4.78, 5) is 0. The van der Waals surface area contributed by atoms with Crippen molar-refractivity contribution in [1.82, 2.24) is 0 Å². The lowest BCUT2D eigenvalue weighted by Crippen LogP contribution is -2.12. The van der Waals surface area contributed by atoms with Gasteiger partial charge in [-0.15, -0.1) is 0 Å². The summed E-state index contributed by atoms with van der Waals surface area (Å²) in [5.41, 5.74) is 7.83. The summed E-state index contributed by atoms with van der Waals surface area (Å²) < 4.78 is 0. The van der Waals surface area contributed by atoms with Crippen molar-refractivity contribution in [3.63, 3.8) is 0 Å². The number of phenolic OH excluding ortho intramolecular Hbond substituents is 1. The standard InChI is InChI=1S/C11H15NO/c1-7-3-2-4-9(11(7)13)10(12)8-5-6-8/h2-4,8,10,13H,5-6,12H2,1H3/t10-/m0/s1. The summed E-state index contributed by atoms with van der Waals surface area (Å²) in [5.74, 6) is 0.967. The average Bonchev–Trinajstić information content (AvgIpc) is 2.91. The first-order valence-electron chi connectivity index (χ1n) is 4.74. The van der Waals surface area contributed by atoms with Crippen LogP contribution in [-0.4, -0.2) is 5.11 Å². The highest BCUT2D eigenvalue weighted by molar-refractivity contribution is 5.41. The van der Waals surface area contributed by atoms with Gasteiger partial charge in [-0.3, -0.25) is 0 Å². The second-order valence-electron chi connectivity index (χ2n) is 3.88. The van der Waals surface area contributed by atoms with Crippen molar-refractivity contribution in [1.29, 1.82) is 0 Å². The molecule has 3 N–H and O–H groups in total. The van der Waals surface area contributed by atoms with Crippen LogP contribution in [0.4, 0.5) is 0 Å². The van der Waals surface area contributed by atoms with Crippen LogP contribution in [0.1, 0.15) is 30.0 Å². The molecule has 0 radical (unpaired) electrons. The normalized spacial score (nSPS) is 18.6. The predicted molar refractivity (Wildman–Crippen MR) is 52.5 cm³/mol. The topological polar surface area (TPSA) is 46.2 Å². The van der Waals surface area contributed by atoms with Crippen LogP contribution < -0.4 is 5.73 Å². The third kappa shape index (κ3) is 1.54. The van der Waals surface area contributed by atoms with Gasteiger partial charge in [-0.2, -0.15) is 0 Å². The van der Waals surface area contributed by atoms with Gasteiger partial charge in [-0.05, 0) is 31.2 Å². The van der Waals surface area contributed by atoms with Crippen molar-refractivity contribution < 1.29 is 5.11 Å². The van der Waals surface area contributed by atoms with E-state index < -0.39 is 0 Å². The molecule has 1 saturated carbocycles. The van der Waals surface area contributed by atoms with Gasteiger partial charge in [0.15, 0.2) is 0 Å². The van der Waals surface area contributed by atoms with Crippen LogP contribution in [-0.2, 0) is 0 Å². The van der Waals surface area contributed by atoms with E-state index in [0.717, 1.165) is 11.1 Å². The van der Waals surface area contributed by atoms with E-state index in [1.165, 1.54) is 12.8 Å². The highest BCUT2D eigenvalue weighted by Crippen LogP contribution is 2.42. The predicted octanol–water partition coefficient (Wildman–Crippen LogP) is 2.11. The fourth-order valence-corrected chi connectivity index (χ4v) is 1.66. The van der Waals surface area contributed by atoms with E-state index >= 15 is 0 Å². The van der Waals surface area contributed by atoms with Gasteiger partial charge >= 0.3 is 0 Å². The lowest BCUT2D eigenvalue weighted by atomic mass is 10.00. The quantitative estimate of drug-likeness (QED) is 0.726. The second kappa shape index (κ2) is 3.04. The van der Waals surface area contributed by atoms with E-state index in [-0.39, 0.29) is 6.04 Å². The van der Waals surface area contributed by atoms with Gasteiger partial charge in [0.1, 0.15) is 5.75 Å². The molecule has 0 amide bonds. The van der Waals surface area contributed by atoms with E-state index in [0.29, 0.717) is 11.7 Å². The van der Waals surface area contributed by atoms with Gasteiger partial charge in [0.25, 0.3) is 0 Å². The molecule has 0 saturated heterocycles. The number of para-hydroxylation sites is 1. The molecule has 2 nitrogen and oxygen atoms in total. The summed E-state index contributed by atoms with van der Waals surface area (Å²) in [5, 5.41) is 9.76. The molecule has 1 aromatic carbocycles. The first kappa shape index (κ1) is 8.57. The molecule has 13 heavy (non-hydrogen) atoms. The van der Waals surface area contributed by atoms with Crippen molar-refractivity contribution in [3.8, 4) is 5.75 Å². The Morgan fingerprint density at radius 2 is 2.15 bits per heavy atom. The van der Waals surface area contributed by atoms with Gasteiger partial charge in [-0.1, -0.05) is 18.2 Å². The van der Waals surface area contributed by atoms with Gasteiger partial charge in [0.05, 0.1) is 0 Å². The Hall–Kier alpha value is -1.02. The molecular formula is C11H15NO. The average molecular weight is 177 g/mol. The Morgan fingerprint density at radius 1 is 1.46 bits per heavy atom. The zero-order valence-corrected chi connectivity index (χ0v) is 7.83. The van der Waals surface area contributed by atoms with Crippen molar-refractivity contribution in [2.45, 2.75) is 25.8 Å². The van der Waals surface area contributed by atoms with E-state index in [4.69, 9.17) is 5.73 Å². The number of hydrogen-bond donors (Lipinski definition) is 2. The molecule has 1 fully saturated rings. The fraction of sp³-hybridized carbons (Fsp3) is 0.455. The molecule has 2 heteroatoms. The first-order chi connectivity index (χ1) is 6.20. The molecule has 70 valence electrons. The lowest BCUT2D eigenvalue weighted by Gasteiger charge is -2.13. The highest BCUT2D eigenvalue weighted by Gasteiger charge is 2.30. The Morgan fingerprint density at radius 3 is 2.77 bits per heavy atom. The minimum atomic E-state index is 0.0277. The van der Waals surface area contributed by atoms with Crippen molar-refractivity contribution >= 4 is 0 Å². The third-order valence-corrected chi connectivity index (χ3v) is 2.76. The van der Waals surface area contributed by atoms with Crippen LogP contribution in [0.3, 0.4) is 0 Å². The van der Waals surface area contributed by atoms with Gasteiger partial charge in [0.2, 0.25) is 0 Å². The van der Waals surface area contributed by atoms with Gasteiger partial charge in [-0.25, -0.2) is 0 Å². The molecule has 0 spiro atoms. The van der Waals surface area contributed by atoms with E-state index in [2.05, 4.69) is 0 Å². The number of aromatic hydroxyl groups is 1. The molecule has 1 atom stereocenters. The summed E-state index contributed by atoms with van der Waals surface area (Å²) >= 11 is 0. The fourth-order valence-electron chi connectivity index (χ4n) is 1.66. The summed E-state index contributed by atoms with van der Waals surface area (Å²) in [7, 11) is 0. The summed E-state index contributed by atoms with van der Waals surface area (Å²) in [6.45, 7) is 1.90. The smallest absolute Gasteiger partial charge is 0.123 e. The van der Waals surface area contributed by atoms with Crippen LogP contribution in [0.15, 0.2) is 18.2 Å². The zero-order chi connectivity index (χ0) is 9.42. The maximum Gasteiger partial charge on any atom is 0.123 e. The largest absolute Gasteiger partial charge is 0.507 e. The lowest BCUT2D eigenvalue weighted by molar-refractivity contribution is 0.452. The summed E-state index contributed by atoms with van der Waals surface area (Å²) in [6, 6.07) is 5.80.